The third-order valence-electron chi connectivity index (χ3n) is 4.75. The van der Waals surface area contributed by atoms with Gasteiger partial charge in [0.2, 0.25) is 0 Å². The Labute approximate surface area is 112 Å². The highest BCUT2D eigenvalue weighted by Gasteiger charge is 2.55. The van der Waals surface area contributed by atoms with Crippen molar-refractivity contribution in [3.63, 3.8) is 0 Å². The molecular weight excluding hydrogens is 224 g/mol. The van der Waals surface area contributed by atoms with E-state index in [2.05, 4.69) is 27.3 Å². The fourth-order valence-corrected chi connectivity index (χ4v) is 3.43. The molecule has 0 spiro atoms. The van der Waals surface area contributed by atoms with Crippen LogP contribution in [-0.4, -0.2) is 74.7 Å². The number of hydrogen-bond acceptors (Lipinski definition) is 4. The Bertz CT molecular complexity index is 238. The van der Waals surface area contributed by atoms with E-state index in [-0.39, 0.29) is 0 Å². The highest BCUT2D eigenvalue weighted by molar-refractivity contribution is 5.05. The van der Waals surface area contributed by atoms with Crippen LogP contribution in [0.15, 0.2) is 0 Å². The SMILES string of the molecule is CC.CNN1CC2C(CN3CCN(C)CC3)C2C1. The number of rotatable bonds is 3. The second-order valence-corrected chi connectivity index (χ2v) is 5.72. The maximum atomic E-state index is 3.27. The van der Waals surface area contributed by atoms with Gasteiger partial charge in [0.05, 0.1) is 0 Å². The first kappa shape index (κ1) is 14.3. The van der Waals surface area contributed by atoms with E-state index in [0.717, 1.165) is 17.8 Å². The topological polar surface area (TPSA) is 21.8 Å². The van der Waals surface area contributed by atoms with Crippen LogP contribution in [0.1, 0.15) is 13.8 Å². The van der Waals surface area contributed by atoms with Gasteiger partial charge in [0, 0.05) is 45.8 Å². The summed E-state index contributed by atoms with van der Waals surface area (Å²) < 4.78 is 0. The van der Waals surface area contributed by atoms with Crippen molar-refractivity contribution in [2.45, 2.75) is 13.8 Å². The van der Waals surface area contributed by atoms with E-state index in [1.54, 1.807) is 0 Å². The molecule has 1 N–H and O–H groups in total. The van der Waals surface area contributed by atoms with Crippen molar-refractivity contribution in [3.05, 3.63) is 0 Å². The van der Waals surface area contributed by atoms with Gasteiger partial charge in [-0.15, -0.1) is 0 Å². The van der Waals surface area contributed by atoms with Gasteiger partial charge < -0.3 is 9.80 Å². The average Bonchev–Trinajstić information content (AvgIpc) is 2.88. The predicted octanol–water partition coefficient (Wildman–Crippen LogP) is 0.572. The molecule has 0 amide bonds. The van der Waals surface area contributed by atoms with Gasteiger partial charge in [-0.05, 0) is 31.8 Å². The van der Waals surface area contributed by atoms with E-state index in [1.165, 1.54) is 45.8 Å². The van der Waals surface area contributed by atoms with E-state index in [9.17, 15) is 0 Å². The summed E-state index contributed by atoms with van der Waals surface area (Å²) in [5.41, 5.74) is 3.27. The number of nitrogens with one attached hydrogen (secondary N) is 1. The van der Waals surface area contributed by atoms with Gasteiger partial charge in [-0.1, -0.05) is 13.8 Å². The summed E-state index contributed by atoms with van der Waals surface area (Å²) in [6, 6.07) is 0. The Morgan fingerprint density at radius 2 is 1.56 bits per heavy atom. The van der Waals surface area contributed by atoms with E-state index in [1.807, 2.05) is 20.9 Å². The van der Waals surface area contributed by atoms with Crippen molar-refractivity contribution in [3.8, 4) is 0 Å². The van der Waals surface area contributed by atoms with Crippen molar-refractivity contribution in [1.82, 2.24) is 20.2 Å². The number of hydrazine groups is 1. The molecule has 0 aromatic heterocycles. The fraction of sp³-hybridized carbons (Fsp3) is 1.00. The summed E-state index contributed by atoms with van der Waals surface area (Å²) in [4.78, 5) is 5.11. The summed E-state index contributed by atoms with van der Waals surface area (Å²) >= 11 is 0. The van der Waals surface area contributed by atoms with Gasteiger partial charge in [0.1, 0.15) is 0 Å². The minimum absolute atomic E-state index is 0.993. The van der Waals surface area contributed by atoms with E-state index in [0.29, 0.717) is 0 Å². The minimum Gasteiger partial charge on any atom is -0.304 e. The normalized spacial score (nSPS) is 37.0. The third kappa shape index (κ3) is 3.05. The van der Waals surface area contributed by atoms with Crippen LogP contribution < -0.4 is 5.43 Å². The maximum absolute atomic E-state index is 3.27. The Morgan fingerprint density at radius 1 is 1.00 bits per heavy atom. The quantitative estimate of drug-likeness (QED) is 0.795. The first-order chi connectivity index (χ1) is 8.78. The Morgan fingerprint density at radius 3 is 2.06 bits per heavy atom. The molecule has 0 radical (unpaired) electrons. The lowest BCUT2D eigenvalue weighted by atomic mass is 10.2. The predicted molar refractivity (Wildman–Crippen MR) is 76.4 cm³/mol. The summed E-state index contributed by atoms with van der Waals surface area (Å²) in [5.74, 6) is 2.99. The van der Waals surface area contributed by atoms with E-state index >= 15 is 0 Å². The molecule has 0 bridgehead atoms. The van der Waals surface area contributed by atoms with Crippen molar-refractivity contribution in [1.29, 1.82) is 0 Å². The van der Waals surface area contributed by atoms with Crippen molar-refractivity contribution in [2.24, 2.45) is 17.8 Å². The molecule has 2 aliphatic heterocycles. The van der Waals surface area contributed by atoms with Crippen LogP contribution in [0.2, 0.25) is 0 Å². The smallest absolute Gasteiger partial charge is 0.0165 e. The summed E-state index contributed by atoms with van der Waals surface area (Å²) in [6.45, 7) is 13.0. The number of fused-ring (bicyclic) bond motifs is 1. The maximum Gasteiger partial charge on any atom is 0.0165 e. The molecule has 0 aromatic carbocycles. The Hall–Kier alpha value is -0.160. The lowest BCUT2D eigenvalue weighted by molar-refractivity contribution is 0.136. The first-order valence-electron chi connectivity index (χ1n) is 7.61. The third-order valence-corrected chi connectivity index (χ3v) is 4.75. The standard InChI is InChI=1S/C12H24N4.C2H6/c1-13-16-8-11-10(12(11)9-16)7-15-5-3-14(2)4-6-15;1-2/h10-13H,3-9H2,1-2H3;1-2H3. The molecule has 2 saturated heterocycles. The summed E-state index contributed by atoms with van der Waals surface area (Å²) in [5, 5.41) is 2.37. The lowest BCUT2D eigenvalue weighted by Gasteiger charge is -2.33. The van der Waals surface area contributed by atoms with E-state index in [4.69, 9.17) is 0 Å². The average molecular weight is 254 g/mol. The molecule has 4 heteroatoms. The van der Waals surface area contributed by atoms with Crippen LogP contribution in [0.5, 0.6) is 0 Å². The molecule has 1 aliphatic carbocycles. The number of likely N-dealkylation sites (N-methyl/N-ethyl adjacent to an activating group) is 1. The molecule has 2 heterocycles. The van der Waals surface area contributed by atoms with Crippen LogP contribution >= 0.6 is 0 Å². The highest BCUT2D eigenvalue weighted by atomic mass is 15.5. The minimum atomic E-state index is 0.993. The highest BCUT2D eigenvalue weighted by Crippen LogP contribution is 2.51. The molecule has 2 unspecified atom stereocenters. The molecule has 3 rings (SSSR count). The second kappa shape index (κ2) is 6.33. The van der Waals surface area contributed by atoms with Gasteiger partial charge in [0.15, 0.2) is 0 Å². The number of hydrogen-bond donors (Lipinski definition) is 1. The zero-order chi connectivity index (χ0) is 13.1. The van der Waals surface area contributed by atoms with E-state index < -0.39 is 0 Å². The molecule has 3 aliphatic rings. The van der Waals surface area contributed by atoms with Crippen LogP contribution in [0.4, 0.5) is 0 Å². The van der Waals surface area contributed by atoms with Crippen LogP contribution in [0.3, 0.4) is 0 Å². The van der Waals surface area contributed by atoms with Crippen LogP contribution in [-0.2, 0) is 0 Å². The Balaban J connectivity index is 0.000000574. The molecule has 3 fully saturated rings. The molecule has 4 nitrogen and oxygen atoms in total. The van der Waals surface area contributed by atoms with Gasteiger partial charge in [0.25, 0.3) is 0 Å². The van der Waals surface area contributed by atoms with Crippen molar-refractivity contribution in [2.75, 3.05) is 59.9 Å². The van der Waals surface area contributed by atoms with Crippen molar-refractivity contribution >= 4 is 0 Å². The second-order valence-electron chi connectivity index (χ2n) is 5.72. The summed E-state index contributed by atoms with van der Waals surface area (Å²) in [7, 11) is 4.27. The Kier molecular flexibility index (Phi) is 5.01. The zero-order valence-corrected chi connectivity index (χ0v) is 12.5. The molecular formula is C14H30N4. The van der Waals surface area contributed by atoms with Gasteiger partial charge in [-0.3, -0.25) is 5.43 Å². The first-order valence-corrected chi connectivity index (χ1v) is 7.61. The molecule has 0 aromatic rings. The number of nitrogens with zero attached hydrogens (tertiary/aromatic N) is 3. The van der Waals surface area contributed by atoms with Gasteiger partial charge in [-0.2, -0.15) is 0 Å². The lowest BCUT2D eigenvalue weighted by Crippen LogP contribution is -2.46. The fourth-order valence-electron chi connectivity index (χ4n) is 3.43. The van der Waals surface area contributed by atoms with Crippen LogP contribution in [0, 0.1) is 17.8 Å². The van der Waals surface area contributed by atoms with Gasteiger partial charge in [-0.25, -0.2) is 5.01 Å². The van der Waals surface area contributed by atoms with Crippen LogP contribution in [0.25, 0.3) is 0 Å². The molecule has 2 atom stereocenters. The molecule has 106 valence electrons. The monoisotopic (exact) mass is 254 g/mol. The zero-order valence-electron chi connectivity index (χ0n) is 12.5. The number of piperazine rings is 1. The summed E-state index contributed by atoms with van der Waals surface area (Å²) in [6.07, 6.45) is 0. The number of piperidine rings is 1. The van der Waals surface area contributed by atoms with Gasteiger partial charge >= 0.3 is 0 Å². The largest absolute Gasteiger partial charge is 0.304 e. The molecule has 1 saturated carbocycles. The molecule has 18 heavy (non-hydrogen) atoms. The van der Waals surface area contributed by atoms with Crippen molar-refractivity contribution < 1.29 is 0 Å².